The molecule has 0 radical (unpaired) electrons. The first-order valence-electron chi connectivity index (χ1n) is 11.7. The van der Waals surface area contributed by atoms with Crippen molar-refractivity contribution >= 4 is 44.8 Å². The molecule has 0 aromatic heterocycles. The molecule has 3 rings (SSSR count). The quantitative estimate of drug-likeness (QED) is 0.147. The highest BCUT2D eigenvalue weighted by atomic mass is 79.9. The molecule has 0 saturated heterocycles. The molecule has 0 aliphatic carbocycles. The van der Waals surface area contributed by atoms with Gasteiger partial charge in [0.1, 0.15) is 18.2 Å². The second-order valence-corrected chi connectivity index (χ2v) is 9.08. The molecule has 1 amide bonds. The number of rotatable bonds is 12. The second-order valence-electron chi connectivity index (χ2n) is 8.23. The van der Waals surface area contributed by atoms with Gasteiger partial charge < -0.3 is 20.1 Å². The van der Waals surface area contributed by atoms with Gasteiger partial charge in [-0.15, -0.1) is 0 Å². The SMILES string of the molecule is CCOc1cc(C(=Nc2ccc(C(=N)N)cc2)C(=O)NNc2ccccc2Br)ccc1OCCN(C)C. The number of hydrogen-bond donors (Lipinski definition) is 4. The Balaban J connectivity index is 1.95. The van der Waals surface area contributed by atoms with Crippen molar-refractivity contribution in [3.05, 3.63) is 82.3 Å². The topological polar surface area (TPSA) is 125 Å². The van der Waals surface area contributed by atoms with Crippen molar-refractivity contribution in [1.82, 2.24) is 10.3 Å². The fourth-order valence-corrected chi connectivity index (χ4v) is 3.60. The van der Waals surface area contributed by atoms with Crippen molar-refractivity contribution in [2.24, 2.45) is 10.7 Å². The standard InChI is InChI=1S/C27H31BrN6O3/c1-4-36-24-17-19(11-14-23(24)37-16-15-34(2)3)25(31-20-12-9-18(10-13-20)26(29)30)27(35)33-32-22-8-6-5-7-21(22)28/h5-14,17,32H,4,15-16H2,1-3H3,(H3,29,30)(H,33,35). The van der Waals surface area contributed by atoms with Crippen molar-refractivity contribution in [2.45, 2.75) is 6.92 Å². The van der Waals surface area contributed by atoms with Crippen LogP contribution < -0.4 is 26.1 Å². The fourth-order valence-electron chi connectivity index (χ4n) is 3.22. The summed E-state index contributed by atoms with van der Waals surface area (Å²) in [5, 5.41) is 7.60. The number of amides is 1. The number of nitrogens with one attached hydrogen (secondary N) is 3. The maximum absolute atomic E-state index is 13.4. The third kappa shape index (κ3) is 8.06. The van der Waals surface area contributed by atoms with Gasteiger partial charge in [-0.1, -0.05) is 12.1 Å². The number of anilines is 1. The summed E-state index contributed by atoms with van der Waals surface area (Å²) in [7, 11) is 3.95. The summed E-state index contributed by atoms with van der Waals surface area (Å²) >= 11 is 3.46. The lowest BCUT2D eigenvalue weighted by Crippen LogP contribution is -2.36. The molecule has 5 N–H and O–H groups in total. The molecule has 0 aliphatic heterocycles. The predicted octanol–water partition coefficient (Wildman–Crippen LogP) is 4.34. The van der Waals surface area contributed by atoms with Gasteiger partial charge in [0.15, 0.2) is 11.5 Å². The second kappa shape index (κ2) is 13.4. The van der Waals surface area contributed by atoms with Crippen LogP contribution in [0.2, 0.25) is 0 Å². The Kier molecular flexibility index (Phi) is 10.0. The number of benzene rings is 3. The summed E-state index contributed by atoms with van der Waals surface area (Å²) in [5.74, 6) is 0.613. The van der Waals surface area contributed by atoms with E-state index < -0.39 is 5.91 Å². The Morgan fingerprint density at radius 1 is 1.03 bits per heavy atom. The number of hydrogen-bond acceptors (Lipinski definition) is 7. The summed E-state index contributed by atoms with van der Waals surface area (Å²) in [6, 6.07) is 19.5. The Bertz CT molecular complexity index is 1260. The zero-order chi connectivity index (χ0) is 26.8. The molecule has 3 aromatic carbocycles. The van der Waals surface area contributed by atoms with E-state index in [1.165, 1.54) is 0 Å². The number of hydrazine groups is 1. The number of likely N-dealkylation sites (N-methyl/N-ethyl adjacent to an activating group) is 1. The largest absolute Gasteiger partial charge is 0.490 e. The van der Waals surface area contributed by atoms with E-state index in [1.807, 2.05) is 50.2 Å². The zero-order valence-corrected chi connectivity index (χ0v) is 22.6. The van der Waals surface area contributed by atoms with Gasteiger partial charge in [-0.2, -0.15) is 0 Å². The Labute approximate surface area is 225 Å². The van der Waals surface area contributed by atoms with E-state index in [0.29, 0.717) is 47.2 Å². The van der Waals surface area contributed by atoms with Gasteiger partial charge in [0.2, 0.25) is 0 Å². The minimum absolute atomic E-state index is 0.0441. The lowest BCUT2D eigenvalue weighted by atomic mass is 10.1. The first kappa shape index (κ1) is 27.7. The summed E-state index contributed by atoms with van der Waals surface area (Å²) < 4.78 is 12.5. The lowest BCUT2D eigenvalue weighted by Gasteiger charge is -2.16. The average molecular weight is 567 g/mol. The number of carbonyl (C=O) groups excluding carboxylic acids is 1. The average Bonchev–Trinajstić information content (AvgIpc) is 2.87. The number of amidine groups is 1. The smallest absolute Gasteiger partial charge is 0.288 e. The summed E-state index contributed by atoms with van der Waals surface area (Å²) in [6.45, 7) is 3.56. The van der Waals surface area contributed by atoms with Crippen LogP contribution in [0.25, 0.3) is 0 Å². The number of carbonyl (C=O) groups is 1. The molecule has 0 unspecified atom stereocenters. The van der Waals surface area contributed by atoms with Crippen LogP contribution in [0.3, 0.4) is 0 Å². The van der Waals surface area contributed by atoms with Crippen LogP contribution in [0.5, 0.6) is 11.5 Å². The Hall–Kier alpha value is -3.89. The monoisotopic (exact) mass is 566 g/mol. The fraction of sp³-hybridized carbons (Fsp3) is 0.222. The van der Waals surface area contributed by atoms with Crippen molar-refractivity contribution in [3.63, 3.8) is 0 Å². The summed E-state index contributed by atoms with van der Waals surface area (Å²) in [5.41, 5.74) is 13.7. The molecule has 0 fully saturated rings. The van der Waals surface area contributed by atoms with E-state index in [0.717, 1.165) is 11.0 Å². The number of nitrogens with two attached hydrogens (primary N) is 1. The number of nitrogens with zero attached hydrogens (tertiary/aromatic N) is 2. The van der Waals surface area contributed by atoms with Crippen LogP contribution in [0.4, 0.5) is 11.4 Å². The molecule has 3 aromatic rings. The van der Waals surface area contributed by atoms with Crippen LogP contribution in [-0.2, 0) is 4.79 Å². The molecular weight excluding hydrogens is 536 g/mol. The van der Waals surface area contributed by atoms with Gasteiger partial charge in [0.05, 0.1) is 18.0 Å². The normalized spacial score (nSPS) is 11.2. The molecule has 10 heteroatoms. The number of aliphatic imine (C=N–C) groups is 1. The highest BCUT2D eigenvalue weighted by Gasteiger charge is 2.18. The molecule has 0 spiro atoms. The lowest BCUT2D eigenvalue weighted by molar-refractivity contribution is -0.114. The van der Waals surface area contributed by atoms with E-state index in [2.05, 4.69) is 31.8 Å². The van der Waals surface area contributed by atoms with Gasteiger partial charge in [-0.25, -0.2) is 4.99 Å². The molecule has 0 bridgehead atoms. The molecule has 9 nitrogen and oxygen atoms in total. The highest BCUT2D eigenvalue weighted by molar-refractivity contribution is 9.10. The molecule has 37 heavy (non-hydrogen) atoms. The summed E-state index contributed by atoms with van der Waals surface area (Å²) in [4.78, 5) is 20.0. The van der Waals surface area contributed by atoms with Crippen molar-refractivity contribution in [2.75, 3.05) is 39.3 Å². The number of halogens is 1. The van der Waals surface area contributed by atoms with Gasteiger partial charge in [0, 0.05) is 22.1 Å². The number of para-hydroxylation sites is 1. The van der Waals surface area contributed by atoms with Crippen LogP contribution in [0.15, 0.2) is 76.2 Å². The van der Waals surface area contributed by atoms with Crippen LogP contribution in [0, 0.1) is 5.41 Å². The van der Waals surface area contributed by atoms with E-state index in [9.17, 15) is 4.79 Å². The van der Waals surface area contributed by atoms with Crippen LogP contribution in [0.1, 0.15) is 18.1 Å². The summed E-state index contributed by atoms with van der Waals surface area (Å²) in [6.07, 6.45) is 0. The van der Waals surface area contributed by atoms with Gasteiger partial charge in [-0.05, 0) is 91.5 Å². The third-order valence-corrected chi connectivity index (χ3v) is 5.82. The minimum Gasteiger partial charge on any atom is -0.490 e. The van der Waals surface area contributed by atoms with Gasteiger partial charge >= 0.3 is 0 Å². The van der Waals surface area contributed by atoms with Gasteiger partial charge in [0.25, 0.3) is 5.91 Å². The first-order chi connectivity index (χ1) is 17.8. The zero-order valence-electron chi connectivity index (χ0n) is 21.0. The maximum atomic E-state index is 13.4. The first-order valence-corrected chi connectivity index (χ1v) is 12.5. The van der Waals surface area contributed by atoms with Crippen molar-refractivity contribution < 1.29 is 14.3 Å². The van der Waals surface area contributed by atoms with Crippen LogP contribution >= 0.6 is 15.9 Å². The molecule has 194 valence electrons. The van der Waals surface area contributed by atoms with Crippen LogP contribution in [-0.4, -0.2) is 56.2 Å². The van der Waals surface area contributed by atoms with E-state index in [4.69, 9.17) is 20.6 Å². The van der Waals surface area contributed by atoms with Crippen molar-refractivity contribution in [3.8, 4) is 11.5 Å². The number of ether oxygens (including phenoxy) is 2. The third-order valence-electron chi connectivity index (χ3n) is 5.13. The predicted molar refractivity (Wildman–Crippen MR) is 151 cm³/mol. The van der Waals surface area contributed by atoms with E-state index in [1.54, 1.807) is 42.5 Å². The molecule has 0 saturated carbocycles. The Morgan fingerprint density at radius 3 is 2.38 bits per heavy atom. The number of nitrogen functional groups attached to an aromatic ring is 1. The Morgan fingerprint density at radius 2 is 1.73 bits per heavy atom. The molecule has 0 heterocycles. The maximum Gasteiger partial charge on any atom is 0.288 e. The molecule has 0 aliphatic rings. The van der Waals surface area contributed by atoms with Gasteiger partial charge in [-0.3, -0.25) is 21.1 Å². The van der Waals surface area contributed by atoms with E-state index >= 15 is 0 Å². The molecular formula is C27H31BrN6O3. The highest BCUT2D eigenvalue weighted by Crippen LogP contribution is 2.29. The minimum atomic E-state index is -0.449. The van der Waals surface area contributed by atoms with E-state index in [-0.39, 0.29) is 11.5 Å². The van der Waals surface area contributed by atoms with Crippen molar-refractivity contribution in [1.29, 1.82) is 5.41 Å². The molecule has 0 atom stereocenters.